The van der Waals surface area contributed by atoms with Crippen LogP contribution in [-0.4, -0.2) is 17.4 Å². The molecule has 0 aliphatic heterocycles. The summed E-state index contributed by atoms with van der Waals surface area (Å²) in [5.74, 6) is 1.01. The minimum atomic E-state index is -0.0918. The Labute approximate surface area is 135 Å². The molecule has 2 aromatic rings. The van der Waals surface area contributed by atoms with Crippen molar-refractivity contribution in [1.82, 2.24) is 0 Å². The first-order valence-electron chi connectivity index (χ1n) is 7.09. The van der Waals surface area contributed by atoms with Gasteiger partial charge < -0.3 is 5.32 Å². The highest BCUT2D eigenvalue weighted by molar-refractivity contribution is 7.99. The predicted octanol–water partition coefficient (Wildman–Crippen LogP) is 4.07. The van der Waals surface area contributed by atoms with Crippen LogP contribution in [0.5, 0.6) is 0 Å². The summed E-state index contributed by atoms with van der Waals surface area (Å²) in [7, 11) is 0. The average Bonchev–Trinajstić information content (AvgIpc) is 2.49. The fraction of sp³-hybridized carbons (Fsp3) is 0.222. The van der Waals surface area contributed by atoms with Crippen molar-refractivity contribution in [2.24, 2.45) is 0 Å². The summed E-state index contributed by atoms with van der Waals surface area (Å²) in [5, 5.41) is 2.81. The van der Waals surface area contributed by atoms with E-state index in [1.54, 1.807) is 30.0 Å². The maximum absolute atomic E-state index is 12.0. The monoisotopic (exact) mass is 313 g/mol. The van der Waals surface area contributed by atoms with Crippen molar-refractivity contribution in [3.63, 3.8) is 0 Å². The summed E-state index contributed by atoms with van der Waals surface area (Å²) in [6.07, 6.45) is 0. The Kier molecular flexibility index (Phi) is 5.78. The summed E-state index contributed by atoms with van der Waals surface area (Å²) in [6, 6.07) is 15.4. The van der Waals surface area contributed by atoms with Crippen molar-refractivity contribution in [2.45, 2.75) is 19.6 Å². The zero-order chi connectivity index (χ0) is 15.9. The SMILES string of the molecule is CC(=O)c1ccccc1NC(=O)CSCc1ccc(C)cc1. The number of benzene rings is 2. The maximum atomic E-state index is 12.0. The van der Waals surface area contributed by atoms with E-state index in [4.69, 9.17) is 0 Å². The first-order chi connectivity index (χ1) is 10.6. The number of hydrogen-bond acceptors (Lipinski definition) is 3. The summed E-state index contributed by atoms with van der Waals surface area (Å²) < 4.78 is 0. The quantitative estimate of drug-likeness (QED) is 0.818. The van der Waals surface area contributed by atoms with E-state index in [9.17, 15) is 9.59 Å². The Bertz CT molecular complexity index is 665. The number of hydrogen-bond donors (Lipinski definition) is 1. The Morgan fingerprint density at radius 3 is 2.41 bits per heavy atom. The van der Waals surface area contributed by atoms with Crippen molar-refractivity contribution in [2.75, 3.05) is 11.1 Å². The van der Waals surface area contributed by atoms with E-state index in [1.807, 2.05) is 6.07 Å². The van der Waals surface area contributed by atoms with Gasteiger partial charge in [0.25, 0.3) is 0 Å². The molecule has 1 amide bonds. The molecule has 0 bridgehead atoms. The van der Waals surface area contributed by atoms with Crippen molar-refractivity contribution in [1.29, 1.82) is 0 Å². The van der Waals surface area contributed by atoms with E-state index >= 15 is 0 Å². The van der Waals surface area contributed by atoms with Crippen molar-refractivity contribution >= 4 is 29.1 Å². The number of ketones is 1. The first kappa shape index (κ1) is 16.3. The number of carbonyl (C=O) groups excluding carboxylic acids is 2. The largest absolute Gasteiger partial charge is 0.325 e. The number of Topliss-reactive ketones (excluding diaryl/α,β-unsaturated/α-hetero) is 1. The summed E-state index contributed by atoms with van der Waals surface area (Å²) >= 11 is 1.56. The lowest BCUT2D eigenvalue weighted by atomic mass is 10.1. The molecular weight excluding hydrogens is 294 g/mol. The number of rotatable bonds is 6. The van der Waals surface area contributed by atoms with Crippen LogP contribution in [0.3, 0.4) is 0 Å². The predicted molar refractivity (Wildman–Crippen MR) is 92.4 cm³/mol. The Morgan fingerprint density at radius 1 is 1.05 bits per heavy atom. The highest BCUT2D eigenvalue weighted by Gasteiger charge is 2.09. The molecule has 0 fully saturated rings. The molecule has 22 heavy (non-hydrogen) atoms. The highest BCUT2D eigenvalue weighted by Crippen LogP contribution is 2.17. The molecule has 0 spiro atoms. The Morgan fingerprint density at radius 2 is 1.73 bits per heavy atom. The van der Waals surface area contributed by atoms with E-state index in [-0.39, 0.29) is 11.7 Å². The van der Waals surface area contributed by atoms with Gasteiger partial charge in [0.15, 0.2) is 5.78 Å². The van der Waals surface area contributed by atoms with Gasteiger partial charge in [-0.3, -0.25) is 9.59 Å². The summed E-state index contributed by atoms with van der Waals surface area (Å²) in [4.78, 5) is 23.5. The lowest BCUT2D eigenvalue weighted by Gasteiger charge is -2.09. The molecule has 2 rings (SSSR count). The molecule has 0 heterocycles. The molecule has 2 aromatic carbocycles. The van der Waals surface area contributed by atoms with Crippen LogP contribution in [0.25, 0.3) is 0 Å². The molecule has 0 aliphatic carbocycles. The number of aryl methyl sites for hydroxylation is 1. The normalized spacial score (nSPS) is 10.3. The fourth-order valence-electron chi connectivity index (χ4n) is 2.03. The smallest absolute Gasteiger partial charge is 0.234 e. The second-order valence-corrected chi connectivity index (χ2v) is 6.11. The van der Waals surface area contributed by atoms with Crippen LogP contribution in [0.15, 0.2) is 48.5 Å². The second-order valence-electron chi connectivity index (χ2n) is 5.13. The molecule has 114 valence electrons. The van der Waals surface area contributed by atoms with Crippen LogP contribution < -0.4 is 5.32 Å². The molecule has 0 unspecified atom stereocenters. The van der Waals surface area contributed by atoms with Crippen molar-refractivity contribution < 1.29 is 9.59 Å². The molecule has 3 nitrogen and oxygen atoms in total. The van der Waals surface area contributed by atoms with Gasteiger partial charge >= 0.3 is 0 Å². The van der Waals surface area contributed by atoms with Crippen LogP contribution in [0, 0.1) is 6.92 Å². The van der Waals surface area contributed by atoms with Gasteiger partial charge in [0.1, 0.15) is 0 Å². The van der Waals surface area contributed by atoms with Gasteiger partial charge in [-0.25, -0.2) is 0 Å². The zero-order valence-electron chi connectivity index (χ0n) is 12.8. The van der Waals surface area contributed by atoms with Crippen LogP contribution in [0.4, 0.5) is 5.69 Å². The zero-order valence-corrected chi connectivity index (χ0v) is 13.6. The molecule has 0 aromatic heterocycles. The van der Waals surface area contributed by atoms with Crippen LogP contribution in [-0.2, 0) is 10.5 Å². The minimum absolute atomic E-state index is 0.0526. The molecule has 1 N–H and O–H groups in total. The van der Waals surface area contributed by atoms with Crippen LogP contribution >= 0.6 is 11.8 Å². The Hall–Kier alpha value is -2.07. The average molecular weight is 313 g/mol. The second kappa shape index (κ2) is 7.80. The number of anilines is 1. The highest BCUT2D eigenvalue weighted by atomic mass is 32.2. The molecule has 0 aliphatic rings. The van der Waals surface area contributed by atoms with Gasteiger partial charge in [0.05, 0.1) is 11.4 Å². The lowest BCUT2D eigenvalue weighted by Crippen LogP contribution is -2.16. The molecule has 0 saturated carbocycles. The first-order valence-corrected chi connectivity index (χ1v) is 8.25. The summed E-state index contributed by atoms with van der Waals surface area (Å²) in [5.41, 5.74) is 3.55. The van der Waals surface area contributed by atoms with Gasteiger partial charge in [0.2, 0.25) is 5.91 Å². The number of amides is 1. The van der Waals surface area contributed by atoms with Gasteiger partial charge in [-0.1, -0.05) is 42.0 Å². The maximum Gasteiger partial charge on any atom is 0.234 e. The minimum Gasteiger partial charge on any atom is -0.325 e. The van der Waals surface area contributed by atoms with Gasteiger partial charge in [-0.2, -0.15) is 0 Å². The van der Waals surface area contributed by atoms with E-state index in [0.717, 1.165) is 5.75 Å². The van der Waals surface area contributed by atoms with Gasteiger partial charge in [0, 0.05) is 11.3 Å². The molecule has 0 atom stereocenters. The number of para-hydroxylation sites is 1. The van der Waals surface area contributed by atoms with Crippen molar-refractivity contribution in [3.8, 4) is 0 Å². The number of thioether (sulfide) groups is 1. The third-order valence-electron chi connectivity index (χ3n) is 3.20. The van der Waals surface area contributed by atoms with E-state index < -0.39 is 0 Å². The number of nitrogens with one attached hydrogen (secondary N) is 1. The van der Waals surface area contributed by atoms with Gasteiger partial charge in [-0.05, 0) is 31.5 Å². The number of carbonyl (C=O) groups is 2. The molecule has 0 radical (unpaired) electrons. The fourth-order valence-corrected chi connectivity index (χ4v) is 2.82. The van der Waals surface area contributed by atoms with Crippen molar-refractivity contribution in [3.05, 3.63) is 65.2 Å². The summed E-state index contributed by atoms with van der Waals surface area (Å²) in [6.45, 7) is 3.55. The third kappa shape index (κ3) is 4.74. The lowest BCUT2D eigenvalue weighted by molar-refractivity contribution is -0.113. The van der Waals surface area contributed by atoms with E-state index in [2.05, 4.69) is 36.5 Å². The van der Waals surface area contributed by atoms with Gasteiger partial charge in [-0.15, -0.1) is 11.8 Å². The Balaban J connectivity index is 1.86. The molecular formula is C18H19NO2S. The topological polar surface area (TPSA) is 46.2 Å². The van der Waals surface area contributed by atoms with Crippen LogP contribution in [0.1, 0.15) is 28.4 Å². The standard InChI is InChI=1S/C18H19NO2S/c1-13-7-9-15(10-8-13)11-22-12-18(21)19-17-6-4-3-5-16(17)14(2)20/h3-10H,11-12H2,1-2H3,(H,19,21). The molecule has 4 heteroatoms. The third-order valence-corrected chi connectivity index (χ3v) is 4.21. The van der Waals surface area contributed by atoms with E-state index in [1.165, 1.54) is 18.1 Å². The molecule has 0 saturated heterocycles. The van der Waals surface area contributed by atoms with Crippen LogP contribution in [0.2, 0.25) is 0 Å². The van der Waals surface area contributed by atoms with E-state index in [0.29, 0.717) is 17.0 Å².